The minimum Gasteiger partial charge on any atom is -0.357 e. The molecule has 0 saturated carbocycles. The van der Waals surface area contributed by atoms with E-state index in [4.69, 9.17) is 0 Å². The van der Waals surface area contributed by atoms with Gasteiger partial charge >= 0.3 is 6.18 Å². The number of carbonyl (C=O) groups is 1. The molecular weight excluding hydrogens is 472 g/mol. The van der Waals surface area contributed by atoms with Crippen LogP contribution in [0, 0.1) is 5.41 Å². The van der Waals surface area contributed by atoms with Gasteiger partial charge in [0.25, 0.3) is 0 Å². The molecule has 0 radical (unpaired) electrons. The number of aliphatic imine (C=N–C) groups is 1. The van der Waals surface area contributed by atoms with E-state index in [1.807, 2.05) is 27.7 Å². The van der Waals surface area contributed by atoms with Gasteiger partial charge in [0, 0.05) is 25.0 Å². The predicted molar refractivity (Wildman–Crippen MR) is 112 cm³/mol. The van der Waals surface area contributed by atoms with Crippen LogP contribution >= 0.6 is 24.0 Å². The highest BCUT2D eigenvalue weighted by Gasteiger charge is 2.30. The topological polar surface area (TPSA) is 65.5 Å². The SMILES string of the molecule is CCNC(=NCc1cccc(C(F)(F)F)c1)NCCNC(=O)C(C)(C)C.I. The summed E-state index contributed by atoms with van der Waals surface area (Å²) >= 11 is 0. The molecule has 1 amide bonds. The van der Waals surface area contributed by atoms with E-state index in [0.717, 1.165) is 12.1 Å². The first-order chi connectivity index (χ1) is 12.0. The number of alkyl halides is 3. The van der Waals surface area contributed by atoms with Gasteiger partial charge in [-0.1, -0.05) is 32.9 Å². The van der Waals surface area contributed by atoms with Crippen LogP contribution in [0.5, 0.6) is 0 Å². The number of rotatable bonds is 6. The largest absolute Gasteiger partial charge is 0.416 e. The highest BCUT2D eigenvalue weighted by molar-refractivity contribution is 14.0. The Morgan fingerprint density at radius 3 is 2.26 bits per heavy atom. The van der Waals surface area contributed by atoms with E-state index in [1.165, 1.54) is 6.07 Å². The minimum atomic E-state index is -4.37. The lowest BCUT2D eigenvalue weighted by atomic mass is 9.96. The van der Waals surface area contributed by atoms with E-state index in [1.54, 1.807) is 6.07 Å². The van der Waals surface area contributed by atoms with Gasteiger partial charge in [-0.05, 0) is 24.6 Å². The molecule has 0 fully saturated rings. The Morgan fingerprint density at radius 2 is 1.70 bits per heavy atom. The summed E-state index contributed by atoms with van der Waals surface area (Å²) < 4.78 is 38.2. The smallest absolute Gasteiger partial charge is 0.357 e. The minimum absolute atomic E-state index is 0. The number of nitrogens with one attached hydrogen (secondary N) is 3. The monoisotopic (exact) mass is 500 g/mol. The molecule has 0 bridgehead atoms. The van der Waals surface area contributed by atoms with E-state index < -0.39 is 17.2 Å². The van der Waals surface area contributed by atoms with Gasteiger partial charge in [-0.3, -0.25) is 4.79 Å². The van der Waals surface area contributed by atoms with Crippen LogP contribution in [0.1, 0.15) is 38.8 Å². The number of nitrogens with zero attached hydrogens (tertiary/aromatic N) is 1. The standard InChI is InChI=1S/C18H27F3N4O.HI/c1-5-22-16(24-10-9-23-15(26)17(2,3)4)25-12-13-7-6-8-14(11-13)18(19,20)21;/h6-8,11H,5,9-10,12H2,1-4H3,(H,23,26)(H2,22,24,25);1H. The quantitative estimate of drug-likeness (QED) is 0.243. The molecule has 27 heavy (non-hydrogen) atoms. The van der Waals surface area contributed by atoms with Crippen LogP contribution in [0.2, 0.25) is 0 Å². The van der Waals surface area contributed by atoms with Crippen molar-refractivity contribution in [3.8, 4) is 0 Å². The lowest BCUT2D eigenvalue weighted by Gasteiger charge is -2.18. The lowest BCUT2D eigenvalue weighted by molar-refractivity contribution is -0.137. The van der Waals surface area contributed by atoms with Gasteiger partial charge in [0.2, 0.25) is 5.91 Å². The molecule has 3 N–H and O–H groups in total. The van der Waals surface area contributed by atoms with Crippen molar-refractivity contribution in [2.75, 3.05) is 19.6 Å². The Hall–Kier alpha value is -1.52. The third kappa shape index (κ3) is 9.83. The summed E-state index contributed by atoms with van der Waals surface area (Å²) in [7, 11) is 0. The summed E-state index contributed by atoms with van der Waals surface area (Å²) in [5.41, 5.74) is -0.673. The Balaban J connectivity index is 0.00000676. The van der Waals surface area contributed by atoms with Crippen molar-refractivity contribution in [2.24, 2.45) is 10.4 Å². The van der Waals surface area contributed by atoms with Crippen molar-refractivity contribution < 1.29 is 18.0 Å². The normalized spacial score (nSPS) is 12.2. The fourth-order valence-electron chi connectivity index (χ4n) is 1.98. The van der Waals surface area contributed by atoms with Gasteiger partial charge in [-0.25, -0.2) is 4.99 Å². The lowest BCUT2D eigenvalue weighted by Crippen LogP contribution is -2.43. The molecule has 1 aromatic rings. The highest BCUT2D eigenvalue weighted by atomic mass is 127. The molecule has 5 nitrogen and oxygen atoms in total. The second-order valence-electron chi connectivity index (χ2n) is 6.83. The second kappa shape index (κ2) is 11.4. The number of hydrogen-bond acceptors (Lipinski definition) is 2. The Morgan fingerprint density at radius 1 is 1.07 bits per heavy atom. The van der Waals surface area contributed by atoms with Gasteiger partial charge < -0.3 is 16.0 Å². The first kappa shape index (κ1) is 25.5. The number of carbonyl (C=O) groups excluding carboxylic acids is 1. The maximum atomic E-state index is 12.7. The highest BCUT2D eigenvalue weighted by Crippen LogP contribution is 2.29. The number of halogens is 4. The fourth-order valence-corrected chi connectivity index (χ4v) is 1.98. The first-order valence-corrected chi connectivity index (χ1v) is 8.50. The zero-order valence-electron chi connectivity index (χ0n) is 16.0. The third-order valence-corrected chi connectivity index (χ3v) is 3.40. The number of benzene rings is 1. The Kier molecular flexibility index (Phi) is 10.7. The van der Waals surface area contributed by atoms with E-state index in [9.17, 15) is 18.0 Å². The van der Waals surface area contributed by atoms with Crippen molar-refractivity contribution in [1.29, 1.82) is 0 Å². The Bertz CT molecular complexity index is 628. The van der Waals surface area contributed by atoms with Crippen molar-refractivity contribution >= 4 is 35.8 Å². The molecule has 154 valence electrons. The van der Waals surface area contributed by atoms with Crippen LogP contribution in [-0.4, -0.2) is 31.5 Å². The molecule has 0 aliphatic carbocycles. The van der Waals surface area contributed by atoms with E-state index in [-0.39, 0.29) is 36.4 Å². The molecule has 0 saturated heterocycles. The molecule has 0 heterocycles. The van der Waals surface area contributed by atoms with Gasteiger partial charge in [-0.15, -0.1) is 24.0 Å². The summed E-state index contributed by atoms with van der Waals surface area (Å²) in [6.07, 6.45) is -4.37. The Labute approximate surface area is 175 Å². The summed E-state index contributed by atoms with van der Waals surface area (Å²) in [5.74, 6) is 0.431. The molecule has 0 atom stereocenters. The molecule has 1 rings (SSSR count). The molecule has 0 aliphatic rings. The molecular formula is C18H28F3IN4O. The van der Waals surface area contributed by atoms with Crippen molar-refractivity contribution in [2.45, 2.75) is 40.4 Å². The zero-order valence-corrected chi connectivity index (χ0v) is 18.4. The first-order valence-electron chi connectivity index (χ1n) is 8.50. The van der Waals surface area contributed by atoms with Crippen molar-refractivity contribution in [3.63, 3.8) is 0 Å². The summed E-state index contributed by atoms with van der Waals surface area (Å²) in [5, 5.41) is 8.87. The summed E-state index contributed by atoms with van der Waals surface area (Å²) in [6, 6.07) is 5.10. The van der Waals surface area contributed by atoms with Crippen molar-refractivity contribution in [3.05, 3.63) is 35.4 Å². The predicted octanol–water partition coefficient (Wildman–Crippen LogP) is 3.54. The zero-order chi connectivity index (χ0) is 19.8. The molecule has 0 unspecified atom stereocenters. The third-order valence-electron chi connectivity index (χ3n) is 3.40. The van der Waals surface area contributed by atoms with Crippen LogP contribution < -0.4 is 16.0 Å². The average Bonchev–Trinajstić information content (AvgIpc) is 2.54. The summed E-state index contributed by atoms with van der Waals surface area (Å²) in [4.78, 5) is 16.1. The van der Waals surface area contributed by atoms with Crippen LogP contribution in [0.15, 0.2) is 29.3 Å². The molecule has 1 aromatic carbocycles. The fraction of sp³-hybridized carbons (Fsp3) is 0.556. The maximum Gasteiger partial charge on any atom is 0.416 e. The number of hydrogen-bond donors (Lipinski definition) is 3. The van der Waals surface area contributed by atoms with Crippen LogP contribution in [0.4, 0.5) is 13.2 Å². The van der Waals surface area contributed by atoms with Crippen LogP contribution in [0.25, 0.3) is 0 Å². The van der Waals surface area contributed by atoms with E-state index in [0.29, 0.717) is 31.2 Å². The van der Waals surface area contributed by atoms with Gasteiger partial charge in [0.15, 0.2) is 5.96 Å². The van der Waals surface area contributed by atoms with Gasteiger partial charge in [-0.2, -0.15) is 13.2 Å². The molecule has 0 spiro atoms. The van der Waals surface area contributed by atoms with Gasteiger partial charge in [0.1, 0.15) is 0 Å². The van der Waals surface area contributed by atoms with Crippen LogP contribution in [0.3, 0.4) is 0 Å². The molecule has 0 aliphatic heterocycles. The number of guanidine groups is 1. The second-order valence-corrected chi connectivity index (χ2v) is 6.83. The van der Waals surface area contributed by atoms with Gasteiger partial charge in [0.05, 0.1) is 12.1 Å². The molecule has 9 heteroatoms. The average molecular weight is 500 g/mol. The molecule has 0 aromatic heterocycles. The maximum absolute atomic E-state index is 12.7. The van der Waals surface area contributed by atoms with Crippen molar-refractivity contribution in [1.82, 2.24) is 16.0 Å². The van der Waals surface area contributed by atoms with E-state index in [2.05, 4.69) is 20.9 Å². The summed E-state index contributed by atoms with van der Waals surface area (Å²) in [6.45, 7) is 8.99. The van der Waals surface area contributed by atoms with Crippen LogP contribution in [-0.2, 0) is 17.5 Å². The van der Waals surface area contributed by atoms with E-state index >= 15 is 0 Å². The number of amides is 1.